The lowest BCUT2D eigenvalue weighted by atomic mass is 10.2. The fourth-order valence-corrected chi connectivity index (χ4v) is 0.752. The molecular formula is C7H8O4. The summed E-state index contributed by atoms with van der Waals surface area (Å²) in [5.41, 5.74) is 0.345. The second kappa shape index (κ2) is 2.67. The van der Waals surface area contributed by atoms with Crippen LogP contribution >= 0.6 is 0 Å². The summed E-state index contributed by atoms with van der Waals surface area (Å²) in [5.74, 6) is -1.44. The number of aliphatic hydroxyl groups is 1. The van der Waals surface area contributed by atoms with Crippen LogP contribution in [-0.4, -0.2) is 20.4 Å². The minimum absolute atomic E-state index is 0.290. The van der Waals surface area contributed by atoms with E-state index in [1.54, 1.807) is 0 Å². The zero-order chi connectivity index (χ0) is 8.43. The summed E-state index contributed by atoms with van der Waals surface area (Å²) in [5, 5.41) is 35.2. The first-order valence-corrected chi connectivity index (χ1v) is 3.00. The molecule has 0 aliphatic heterocycles. The molecule has 4 nitrogen and oxygen atoms in total. The van der Waals surface area contributed by atoms with Gasteiger partial charge in [0.15, 0.2) is 17.2 Å². The second-order valence-corrected chi connectivity index (χ2v) is 2.14. The molecule has 60 valence electrons. The van der Waals surface area contributed by atoms with Gasteiger partial charge in [-0.15, -0.1) is 0 Å². The number of aliphatic hydroxyl groups excluding tert-OH is 1. The molecule has 0 radical (unpaired) electrons. The first-order chi connectivity index (χ1) is 5.15. The highest BCUT2D eigenvalue weighted by atomic mass is 16.3. The molecule has 0 bridgehead atoms. The first-order valence-electron chi connectivity index (χ1n) is 3.00. The van der Waals surface area contributed by atoms with Gasteiger partial charge in [0, 0.05) is 0 Å². The van der Waals surface area contributed by atoms with Crippen molar-refractivity contribution in [2.75, 3.05) is 0 Å². The van der Waals surface area contributed by atoms with Crippen molar-refractivity contribution < 1.29 is 20.4 Å². The molecule has 1 aromatic rings. The molecular weight excluding hydrogens is 148 g/mol. The van der Waals surface area contributed by atoms with Gasteiger partial charge in [0.1, 0.15) is 0 Å². The maximum atomic E-state index is 8.89. The third-order valence-electron chi connectivity index (χ3n) is 1.31. The molecule has 4 N–H and O–H groups in total. The molecule has 4 heteroatoms. The molecule has 0 aliphatic rings. The number of aromatic hydroxyl groups is 3. The van der Waals surface area contributed by atoms with Gasteiger partial charge in [-0.05, 0) is 17.7 Å². The minimum atomic E-state index is -0.567. The molecule has 0 aliphatic carbocycles. The van der Waals surface area contributed by atoms with E-state index in [0.717, 1.165) is 0 Å². The SMILES string of the molecule is OCc1cc(O)c(O)c(O)c1. The molecule has 0 saturated heterocycles. The van der Waals surface area contributed by atoms with Crippen molar-refractivity contribution in [3.8, 4) is 17.2 Å². The van der Waals surface area contributed by atoms with Crippen LogP contribution in [0, 0.1) is 0 Å². The third-order valence-corrected chi connectivity index (χ3v) is 1.31. The summed E-state index contributed by atoms with van der Waals surface area (Å²) in [6.07, 6.45) is 0. The van der Waals surface area contributed by atoms with E-state index in [1.807, 2.05) is 0 Å². The zero-order valence-electron chi connectivity index (χ0n) is 5.65. The Morgan fingerprint density at radius 3 is 1.82 bits per heavy atom. The zero-order valence-corrected chi connectivity index (χ0v) is 5.65. The second-order valence-electron chi connectivity index (χ2n) is 2.14. The van der Waals surface area contributed by atoms with Gasteiger partial charge in [-0.1, -0.05) is 0 Å². The lowest BCUT2D eigenvalue weighted by molar-refractivity contribution is 0.279. The van der Waals surface area contributed by atoms with E-state index in [9.17, 15) is 0 Å². The fourth-order valence-electron chi connectivity index (χ4n) is 0.752. The number of rotatable bonds is 1. The molecule has 1 aromatic carbocycles. The summed E-state index contributed by atoms with van der Waals surface area (Å²) in [4.78, 5) is 0. The van der Waals surface area contributed by atoms with Gasteiger partial charge in [0.25, 0.3) is 0 Å². The standard InChI is InChI=1S/C7H8O4/c8-3-4-1-5(9)7(11)6(10)2-4/h1-2,8-11H,3H2. The molecule has 0 spiro atoms. The lowest BCUT2D eigenvalue weighted by Crippen LogP contribution is -1.82. The number of benzene rings is 1. The highest BCUT2D eigenvalue weighted by molar-refractivity contribution is 5.50. The Morgan fingerprint density at radius 2 is 1.45 bits per heavy atom. The first kappa shape index (κ1) is 7.68. The molecule has 0 unspecified atom stereocenters. The van der Waals surface area contributed by atoms with Gasteiger partial charge < -0.3 is 20.4 Å². The maximum Gasteiger partial charge on any atom is 0.200 e. The van der Waals surface area contributed by atoms with Crippen molar-refractivity contribution in [3.05, 3.63) is 17.7 Å². The van der Waals surface area contributed by atoms with Gasteiger partial charge in [0.2, 0.25) is 0 Å². The van der Waals surface area contributed by atoms with Crippen molar-refractivity contribution in [1.29, 1.82) is 0 Å². The van der Waals surface area contributed by atoms with Crippen molar-refractivity contribution in [3.63, 3.8) is 0 Å². The normalized spacial score (nSPS) is 9.91. The van der Waals surface area contributed by atoms with E-state index < -0.39 is 17.2 Å². The smallest absolute Gasteiger partial charge is 0.200 e. The van der Waals surface area contributed by atoms with Crippen LogP contribution in [0.4, 0.5) is 0 Å². The van der Waals surface area contributed by atoms with E-state index in [2.05, 4.69) is 0 Å². The van der Waals surface area contributed by atoms with Gasteiger partial charge in [-0.3, -0.25) is 0 Å². The number of phenolic OH excluding ortho intramolecular Hbond substituents is 3. The van der Waals surface area contributed by atoms with E-state index in [1.165, 1.54) is 12.1 Å². The Labute approximate surface area is 63.0 Å². The van der Waals surface area contributed by atoms with Crippen LogP contribution in [0.1, 0.15) is 5.56 Å². The predicted molar refractivity (Wildman–Crippen MR) is 37.4 cm³/mol. The highest BCUT2D eigenvalue weighted by Gasteiger charge is 2.06. The lowest BCUT2D eigenvalue weighted by Gasteiger charge is -2.02. The molecule has 0 amide bonds. The van der Waals surface area contributed by atoms with E-state index in [4.69, 9.17) is 20.4 Å². The summed E-state index contributed by atoms with van der Waals surface area (Å²) in [6.45, 7) is -0.290. The predicted octanol–water partition coefficient (Wildman–Crippen LogP) is 0.296. The molecule has 1 rings (SSSR count). The van der Waals surface area contributed by atoms with Crippen molar-refractivity contribution in [1.82, 2.24) is 0 Å². The largest absolute Gasteiger partial charge is 0.504 e. The molecule has 0 atom stereocenters. The summed E-state index contributed by atoms with van der Waals surface area (Å²) in [7, 11) is 0. The Balaban J connectivity index is 3.21. The van der Waals surface area contributed by atoms with Crippen LogP contribution < -0.4 is 0 Å². The maximum absolute atomic E-state index is 8.89. The van der Waals surface area contributed by atoms with Crippen LogP contribution in [0.25, 0.3) is 0 Å². The van der Waals surface area contributed by atoms with Crippen LogP contribution in [0.5, 0.6) is 17.2 Å². The van der Waals surface area contributed by atoms with Crippen LogP contribution in [-0.2, 0) is 6.61 Å². The average molecular weight is 156 g/mol. The van der Waals surface area contributed by atoms with Gasteiger partial charge in [0.05, 0.1) is 6.61 Å². The quantitative estimate of drug-likeness (QED) is 0.441. The molecule has 0 aromatic heterocycles. The van der Waals surface area contributed by atoms with Crippen molar-refractivity contribution in [2.45, 2.75) is 6.61 Å². The van der Waals surface area contributed by atoms with Crippen molar-refractivity contribution >= 4 is 0 Å². The van der Waals surface area contributed by atoms with E-state index >= 15 is 0 Å². The third kappa shape index (κ3) is 1.35. The van der Waals surface area contributed by atoms with Gasteiger partial charge in [-0.2, -0.15) is 0 Å². The fraction of sp³-hybridized carbons (Fsp3) is 0.143. The van der Waals surface area contributed by atoms with E-state index in [0.29, 0.717) is 5.56 Å². The Morgan fingerprint density at radius 1 is 1.00 bits per heavy atom. The number of hydrogen-bond donors (Lipinski definition) is 4. The Bertz CT molecular complexity index is 246. The van der Waals surface area contributed by atoms with Crippen LogP contribution in [0.15, 0.2) is 12.1 Å². The van der Waals surface area contributed by atoms with E-state index in [-0.39, 0.29) is 6.61 Å². The average Bonchev–Trinajstić information content (AvgIpc) is 1.99. The summed E-state index contributed by atoms with van der Waals surface area (Å²) < 4.78 is 0. The van der Waals surface area contributed by atoms with Crippen LogP contribution in [0.2, 0.25) is 0 Å². The Hall–Kier alpha value is -1.42. The van der Waals surface area contributed by atoms with Gasteiger partial charge in [-0.25, -0.2) is 0 Å². The molecule has 0 heterocycles. The number of phenols is 3. The number of hydrogen-bond acceptors (Lipinski definition) is 4. The molecule has 11 heavy (non-hydrogen) atoms. The minimum Gasteiger partial charge on any atom is -0.504 e. The summed E-state index contributed by atoms with van der Waals surface area (Å²) in [6, 6.07) is 2.35. The highest BCUT2D eigenvalue weighted by Crippen LogP contribution is 2.35. The summed E-state index contributed by atoms with van der Waals surface area (Å²) >= 11 is 0. The molecule has 0 saturated carbocycles. The monoisotopic (exact) mass is 156 g/mol. The van der Waals surface area contributed by atoms with Crippen LogP contribution in [0.3, 0.4) is 0 Å². The molecule has 0 fully saturated rings. The van der Waals surface area contributed by atoms with Crippen molar-refractivity contribution in [2.24, 2.45) is 0 Å². The Kier molecular flexibility index (Phi) is 1.87. The van der Waals surface area contributed by atoms with Gasteiger partial charge >= 0.3 is 0 Å². The topological polar surface area (TPSA) is 80.9 Å².